The van der Waals surface area contributed by atoms with Gasteiger partial charge in [-0.05, 0) is 18.9 Å². The van der Waals surface area contributed by atoms with E-state index in [1.54, 1.807) is 0 Å². The van der Waals surface area contributed by atoms with Crippen LogP contribution in [0.1, 0.15) is 38.3 Å². The molecule has 0 bridgehead atoms. The van der Waals surface area contributed by atoms with Gasteiger partial charge in [0, 0.05) is 6.04 Å². The van der Waals surface area contributed by atoms with Crippen LogP contribution >= 0.6 is 0 Å². The monoisotopic (exact) mass is 201 g/mol. The molecule has 1 aromatic carbocycles. The van der Waals surface area contributed by atoms with Crippen molar-refractivity contribution in [1.29, 1.82) is 0 Å². The summed E-state index contributed by atoms with van der Waals surface area (Å²) >= 11 is 0. The predicted molar refractivity (Wildman–Crippen MR) is 65.5 cm³/mol. The van der Waals surface area contributed by atoms with Crippen molar-refractivity contribution in [3.05, 3.63) is 35.9 Å². The molecule has 1 rings (SSSR count). The molecule has 1 atom stereocenters. The Morgan fingerprint density at radius 1 is 1.27 bits per heavy atom. The summed E-state index contributed by atoms with van der Waals surface area (Å²) in [6.07, 6.45) is 2.35. The van der Waals surface area contributed by atoms with E-state index in [4.69, 9.17) is 0 Å². The van der Waals surface area contributed by atoms with Gasteiger partial charge in [-0.15, -0.1) is 5.92 Å². The molecule has 0 fully saturated rings. The number of benzene rings is 1. The largest absolute Gasteiger partial charge is 0.299 e. The van der Waals surface area contributed by atoms with Crippen LogP contribution in [0.2, 0.25) is 0 Å². The van der Waals surface area contributed by atoms with Gasteiger partial charge < -0.3 is 0 Å². The Labute approximate surface area is 92.9 Å². The molecule has 0 aliphatic heterocycles. The number of nitrogens with one attached hydrogen (secondary N) is 1. The summed E-state index contributed by atoms with van der Waals surface area (Å²) in [4.78, 5) is 0. The van der Waals surface area contributed by atoms with Gasteiger partial charge in [-0.3, -0.25) is 5.32 Å². The molecule has 0 saturated carbocycles. The first-order valence-corrected chi connectivity index (χ1v) is 5.56. The predicted octanol–water partition coefficient (Wildman–Crippen LogP) is 3.14. The fourth-order valence-corrected chi connectivity index (χ4v) is 1.62. The lowest BCUT2D eigenvalue weighted by Crippen LogP contribution is -2.21. The fourth-order valence-electron chi connectivity index (χ4n) is 1.62. The average molecular weight is 201 g/mol. The van der Waals surface area contributed by atoms with Crippen LogP contribution < -0.4 is 5.32 Å². The second-order valence-corrected chi connectivity index (χ2v) is 3.56. The molecule has 0 aliphatic rings. The summed E-state index contributed by atoms with van der Waals surface area (Å²) in [6.45, 7) is 4.86. The van der Waals surface area contributed by atoms with Crippen LogP contribution in [0.3, 0.4) is 0 Å². The summed E-state index contributed by atoms with van der Waals surface area (Å²) in [5.41, 5.74) is 1.36. The van der Waals surface area contributed by atoms with Crippen LogP contribution in [-0.2, 0) is 0 Å². The Morgan fingerprint density at radius 2 is 2.00 bits per heavy atom. The molecule has 1 nitrogen and oxygen atoms in total. The van der Waals surface area contributed by atoms with Gasteiger partial charge in [0.15, 0.2) is 0 Å². The van der Waals surface area contributed by atoms with Crippen LogP contribution in [0.25, 0.3) is 0 Å². The molecule has 0 radical (unpaired) electrons. The van der Waals surface area contributed by atoms with Crippen LogP contribution in [0.5, 0.6) is 0 Å². The Kier molecular flexibility index (Phi) is 5.58. The number of hydrogen-bond donors (Lipinski definition) is 1. The van der Waals surface area contributed by atoms with E-state index >= 15 is 0 Å². The van der Waals surface area contributed by atoms with E-state index in [1.165, 1.54) is 12.0 Å². The molecule has 1 heteroatoms. The first-order chi connectivity index (χ1) is 7.38. The normalized spacial score (nSPS) is 11.6. The highest BCUT2D eigenvalue weighted by molar-refractivity contribution is 5.19. The van der Waals surface area contributed by atoms with Crippen LogP contribution in [0.15, 0.2) is 30.3 Å². The van der Waals surface area contributed by atoms with Gasteiger partial charge in [0.25, 0.3) is 0 Å². The van der Waals surface area contributed by atoms with Gasteiger partial charge in [-0.1, -0.05) is 49.6 Å². The summed E-state index contributed by atoms with van der Waals surface area (Å²) in [5.74, 6) is 5.95. The smallest absolute Gasteiger partial charge is 0.0581 e. The summed E-state index contributed by atoms with van der Waals surface area (Å²) < 4.78 is 0. The van der Waals surface area contributed by atoms with Crippen molar-refractivity contribution in [2.24, 2.45) is 0 Å². The van der Waals surface area contributed by atoms with Crippen molar-refractivity contribution in [1.82, 2.24) is 5.32 Å². The van der Waals surface area contributed by atoms with Crippen molar-refractivity contribution in [2.75, 3.05) is 6.54 Å². The van der Waals surface area contributed by atoms with Crippen molar-refractivity contribution in [3.63, 3.8) is 0 Å². The van der Waals surface area contributed by atoms with E-state index in [-0.39, 0.29) is 0 Å². The van der Waals surface area contributed by atoms with E-state index in [1.807, 2.05) is 6.92 Å². The zero-order chi connectivity index (χ0) is 10.9. The molecule has 15 heavy (non-hydrogen) atoms. The first-order valence-electron chi connectivity index (χ1n) is 5.56. The zero-order valence-electron chi connectivity index (χ0n) is 9.59. The molecular formula is C14H19N. The molecule has 0 amide bonds. The summed E-state index contributed by atoms with van der Waals surface area (Å²) in [6, 6.07) is 11.0. The molecule has 1 unspecified atom stereocenters. The standard InChI is InChI=1S/C14H19N/c1-3-5-12-15-14(9-4-2)13-10-7-6-8-11-13/h6-8,10-11,14-15H,4,9,12H2,1-2H3. The van der Waals surface area contributed by atoms with E-state index in [0.29, 0.717) is 6.04 Å². The molecule has 1 aromatic rings. The van der Waals surface area contributed by atoms with Gasteiger partial charge in [0.2, 0.25) is 0 Å². The Balaban J connectivity index is 2.60. The first kappa shape index (κ1) is 11.8. The van der Waals surface area contributed by atoms with Crippen LogP contribution in [-0.4, -0.2) is 6.54 Å². The molecule has 0 spiro atoms. The highest BCUT2D eigenvalue weighted by Crippen LogP contribution is 2.17. The molecule has 80 valence electrons. The van der Waals surface area contributed by atoms with E-state index in [0.717, 1.165) is 13.0 Å². The average Bonchev–Trinajstić information content (AvgIpc) is 2.29. The topological polar surface area (TPSA) is 12.0 Å². The van der Waals surface area contributed by atoms with Gasteiger partial charge in [0.1, 0.15) is 0 Å². The quantitative estimate of drug-likeness (QED) is 0.722. The summed E-state index contributed by atoms with van der Waals surface area (Å²) in [5, 5.41) is 3.46. The van der Waals surface area contributed by atoms with E-state index in [9.17, 15) is 0 Å². The molecule has 1 N–H and O–H groups in total. The molecular weight excluding hydrogens is 182 g/mol. The highest BCUT2D eigenvalue weighted by Gasteiger charge is 2.07. The van der Waals surface area contributed by atoms with Gasteiger partial charge in [-0.25, -0.2) is 0 Å². The van der Waals surface area contributed by atoms with Crippen molar-refractivity contribution in [3.8, 4) is 11.8 Å². The Hall–Kier alpha value is -1.26. The Bertz CT molecular complexity index is 318. The Morgan fingerprint density at radius 3 is 2.60 bits per heavy atom. The van der Waals surface area contributed by atoms with Gasteiger partial charge >= 0.3 is 0 Å². The van der Waals surface area contributed by atoms with E-state index < -0.39 is 0 Å². The number of rotatable bonds is 5. The maximum absolute atomic E-state index is 3.46. The molecule has 0 aromatic heterocycles. The minimum Gasteiger partial charge on any atom is -0.299 e. The second kappa shape index (κ2) is 7.09. The highest BCUT2D eigenvalue weighted by atomic mass is 14.9. The maximum Gasteiger partial charge on any atom is 0.0581 e. The van der Waals surface area contributed by atoms with Crippen molar-refractivity contribution >= 4 is 0 Å². The second-order valence-electron chi connectivity index (χ2n) is 3.56. The van der Waals surface area contributed by atoms with Gasteiger partial charge in [0.05, 0.1) is 6.54 Å². The minimum atomic E-state index is 0.442. The third-order valence-electron chi connectivity index (χ3n) is 2.39. The third kappa shape index (κ3) is 4.18. The van der Waals surface area contributed by atoms with Crippen molar-refractivity contribution in [2.45, 2.75) is 32.7 Å². The third-order valence-corrected chi connectivity index (χ3v) is 2.39. The van der Waals surface area contributed by atoms with Crippen LogP contribution in [0, 0.1) is 11.8 Å². The zero-order valence-corrected chi connectivity index (χ0v) is 9.59. The molecule has 0 saturated heterocycles. The summed E-state index contributed by atoms with van der Waals surface area (Å²) in [7, 11) is 0. The minimum absolute atomic E-state index is 0.442. The lowest BCUT2D eigenvalue weighted by Gasteiger charge is -2.16. The SMILES string of the molecule is CC#CCNC(CCC)c1ccccc1. The number of hydrogen-bond acceptors (Lipinski definition) is 1. The lowest BCUT2D eigenvalue weighted by molar-refractivity contribution is 0.524. The maximum atomic E-state index is 3.46. The van der Waals surface area contributed by atoms with Gasteiger partial charge in [-0.2, -0.15) is 0 Å². The lowest BCUT2D eigenvalue weighted by atomic mass is 10.0. The van der Waals surface area contributed by atoms with E-state index in [2.05, 4.69) is 54.4 Å². The van der Waals surface area contributed by atoms with Crippen LogP contribution in [0.4, 0.5) is 0 Å². The molecule has 0 aliphatic carbocycles. The fraction of sp³-hybridized carbons (Fsp3) is 0.429. The molecule has 0 heterocycles. The van der Waals surface area contributed by atoms with Crippen molar-refractivity contribution < 1.29 is 0 Å².